The van der Waals surface area contributed by atoms with Gasteiger partial charge < -0.3 is 14.2 Å². The van der Waals surface area contributed by atoms with Crippen molar-refractivity contribution in [2.75, 3.05) is 33.6 Å². The molecule has 0 bridgehead atoms. The van der Waals surface area contributed by atoms with Crippen LogP contribution in [-0.4, -0.2) is 60.4 Å². The van der Waals surface area contributed by atoms with Gasteiger partial charge in [0, 0.05) is 20.7 Å². The summed E-state index contributed by atoms with van der Waals surface area (Å²) in [4.78, 5) is 12.4. The molecule has 0 N–H and O–H groups in total. The minimum absolute atomic E-state index is 0.00812. The monoisotopic (exact) mass is 455 g/mol. The van der Waals surface area contributed by atoms with Gasteiger partial charge in [0.05, 0.1) is 38.7 Å². The molecule has 7 nitrogen and oxygen atoms in total. The number of rotatable bonds is 12. The topological polar surface area (TPSA) is 82.1 Å². The summed E-state index contributed by atoms with van der Waals surface area (Å²) in [5.41, 5.74) is 0.478. The molecule has 0 heterocycles. The van der Waals surface area contributed by atoms with Crippen molar-refractivity contribution in [3.05, 3.63) is 48.6 Å². The molecule has 0 aliphatic carbocycles. The van der Waals surface area contributed by atoms with Crippen LogP contribution in [0.15, 0.2) is 43.0 Å². The predicted octanol–water partition coefficient (Wildman–Crippen LogP) is 3.63. The van der Waals surface area contributed by atoms with Crippen molar-refractivity contribution in [1.82, 2.24) is 4.31 Å². The van der Waals surface area contributed by atoms with Gasteiger partial charge in [-0.15, -0.1) is 6.58 Å². The molecule has 1 aromatic carbocycles. The maximum Gasteiger partial charge on any atom is 0.335 e. The average Bonchev–Trinajstić information content (AvgIpc) is 2.70. The first kappa shape index (κ1) is 25.9. The fourth-order valence-corrected chi connectivity index (χ4v) is 7.45. The number of carbonyl (C=O) groups excluding carboxylic acids is 1. The van der Waals surface area contributed by atoms with Crippen LogP contribution in [0.4, 0.5) is 0 Å². The molecule has 0 spiro atoms. The van der Waals surface area contributed by atoms with Gasteiger partial charge in [0.2, 0.25) is 10.0 Å². The lowest BCUT2D eigenvalue weighted by Crippen LogP contribution is -2.40. The number of ether oxygens (including phenoxy) is 3. The SMILES string of the molecule is C=CCN(C(C(=C)C(=O)OC)c1cc(OC)cc(OC)c1)S(=O)(=O)CC[Si](C)(C)C. The summed E-state index contributed by atoms with van der Waals surface area (Å²) in [6.07, 6.45) is 1.49. The molecule has 0 amide bonds. The zero-order chi connectivity index (χ0) is 23.1. The Balaban J connectivity index is 3.63. The molecule has 168 valence electrons. The maximum absolute atomic E-state index is 13.4. The number of benzene rings is 1. The van der Waals surface area contributed by atoms with Gasteiger partial charge in [-0.05, 0) is 23.7 Å². The summed E-state index contributed by atoms with van der Waals surface area (Å²) in [7, 11) is -1.15. The van der Waals surface area contributed by atoms with Crippen LogP contribution in [0, 0.1) is 0 Å². The molecule has 0 aromatic heterocycles. The Bertz CT molecular complexity index is 854. The first-order valence-electron chi connectivity index (χ1n) is 9.50. The zero-order valence-electron chi connectivity index (χ0n) is 18.7. The standard InChI is InChI=1S/C21H33NO6SSi/c1-9-10-22(29(24,25)11-12-30(6,7)8)20(16(2)21(23)28-5)17-13-18(26-3)15-19(14-17)27-4/h9,13-15,20H,1-2,10-12H2,3-8H3. The van der Waals surface area contributed by atoms with Gasteiger partial charge in [-0.1, -0.05) is 32.3 Å². The van der Waals surface area contributed by atoms with Crippen LogP contribution in [0.3, 0.4) is 0 Å². The Morgan fingerprint density at radius 3 is 2.07 bits per heavy atom. The number of hydrogen-bond donors (Lipinski definition) is 0. The summed E-state index contributed by atoms with van der Waals surface area (Å²) in [6.45, 7) is 13.9. The lowest BCUT2D eigenvalue weighted by atomic mass is 9.99. The second-order valence-electron chi connectivity index (χ2n) is 8.05. The molecule has 0 aliphatic heterocycles. The van der Waals surface area contributed by atoms with E-state index in [1.807, 2.05) is 0 Å². The van der Waals surface area contributed by atoms with Gasteiger partial charge in [-0.2, -0.15) is 4.31 Å². The minimum Gasteiger partial charge on any atom is -0.497 e. The third kappa shape index (κ3) is 7.00. The first-order valence-corrected chi connectivity index (χ1v) is 14.8. The van der Waals surface area contributed by atoms with Crippen molar-refractivity contribution in [3.8, 4) is 11.5 Å². The summed E-state index contributed by atoms with van der Waals surface area (Å²) < 4.78 is 43.4. The average molecular weight is 456 g/mol. The van der Waals surface area contributed by atoms with Crippen LogP contribution in [0.2, 0.25) is 25.7 Å². The van der Waals surface area contributed by atoms with E-state index in [0.717, 1.165) is 0 Å². The van der Waals surface area contributed by atoms with Gasteiger partial charge in [-0.25, -0.2) is 13.2 Å². The van der Waals surface area contributed by atoms with E-state index < -0.39 is 30.1 Å². The van der Waals surface area contributed by atoms with Crippen LogP contribution < -0.4 is 9.47 Å². The number of nitrogens with zero attached hydrogens (tertiary/aromatic N) is 1. The smallest absolute Gasteiger partial charge is 0.335 e. The highest BCUT2D eigenvalue weighted by Crippen LogP contribution is 2.36. The van der Waals surface area contributed by atoms with Gasteiger partial charge in [0.1, 0.15) is 11.5 Å². The molecule has 1 atom stereocenters. The second kappa shape index (κ2) is 10.8. The highest BCUT2D eigenvalue weighted by Gasteiger charge is 2.36. The van der Waals surface area contributed by atoms with Crippen molar-refractivity contribution >= 4 is 24.1 Å². The molecular weight excluding hydrogens is 422 g/mol. The Morgan fingerprint density at radius 1 is 1.13 bits per heavy atom. The van der Waals surface area contributed by atoms with Crippen molar-refractivity contribution in [3.63, 3.8) is 0 Å². The predicted molar refractivity (Wildman–Crippen MR) is 122 cm³/mol. The molecule has 0 fully saturated rings. The van der Waals surface area contributed by atoms with E-state index >= 15 is 0 Å². The molecule has 0 radical (unpaired) electrons. The Kier molecular flexibility index (Phi) is 9.32. The Labute approximate surface area is 181 Å². The fraction of sp³-hybridized carbons (Fsp3) is 0.476. The van der Waals surface area contributed by atoms with Gasteiger partial charge in [0.15, 0.2) is 0 Å². The van der Waals surface area contributed by atoms with E-state index in [4.69, 9.17) is 14.2 Å². The number of methoxy groups -OCH3 is 3. The van der Waals surface area contributed by atoms with Crippen LogP contribution in [0.5, 0.6) is 11.5 Å². The molecule has 1 aromatic rings. The molecule has 1 rings (SSSR count). The summed E-state index contributed by atoms with van der Waals surface area (Å²) in [5.74, 6) is 0.203. The number of carbonyl (C=O) groups is 1. The highest BCUT2D eigenvalue weighted by molar-refractivity contribution is 7.89. The van der Waals surface area contributed by atoms with Gasteiger partial charge in [-0.3, -0.25) is 0 Å². The fourth-order valence-electron chi connectivity index (χ4n) is 2.83. The Morgan fingerprint density at radius 2 is 1.67 bits per heavy atom. The molecular formula is C21H33NO6SSi. The molecule has 9 heteroatoms. The summed E-state index contributed by atoms with van der Waals surface area (Å²) >= 11 is 0. The first-order chi connectivity index (χ1) is 13.9. The van der Waals surface area contributed by atoms with Gasteiger partial charge >= 0.3 is 5.97 Å². The zero-order valence-corrected chi connectivity index (χ0v) is 20.5. The van der Waals surface area contributed by atoms with Crippen molar-refractivity contribution < 1.29 is 27.4 Å². The van der Waals surface area contributed by atoms with Crippen molar-refractivity contribution in [1.29, 1.82) is 0 Å². The molecule has 30 heavy (non-hydrogen) atoms. The van der Waals surface area contributed by atoms with E-state index in [0.29, 0.717) is 23.1 Å². The lowest BCUT2D eigenvalue weighted by Gasteiger charge is -2.32. The number of esters is 1. The number of hydrogen-bond acceptors (Lipinski definition) is 6. The van der Waals surface area contributed by atoms with Crippen molar-refractivity contribution in [2.24, 2.45) is 0 Å². The van der Waals surface area contributed by atoms with E-state index in [1.54, 1.807) is 18.2 Å². The van der Waals surface area contributed by atoms with Crippen LogP contribution in [0.1, 0.15) is 11.6 Å². The van der Waals surface area contributed by atoms with Crippen molar-refractivity contribution in [2.45, 2.75) is 31.7 Å². The molecule has 1 unspecified atom stereocenters. The molecule has 0 saturated heterocycles. The number of sulfonamides is 1. The third-order valence-corrected chi connectivity index (χ3v) is 8.44. The Hall–Kier alpha value is -2.10. The van der Waals surface area contributed by atoms with Crippen LogP contribution in [0.25, 0.3) is 0 Å². The van der Waals surface area contributed by atoms with E-state index in [1.165, 1.54) is 31.7 Å². The van der Waals surface area contributed by atoms with E-state index in [-0.39, 0.29) is 17.9 Å². The van der Waals surface area contributed by atoms with E-state index in [2.05, 4.69) is 32.8 Å². The van der Waals surface area contributed by atoms with Gasteiger partial charge in [0.25, 0.3) is 0 Å². The largest absolute Gasteiger partial charge is 0.497 e. The normalized spacial score (nSPS) is 12.9. The molecule has 0 aliphatic rings. The van der Waals surface area contributed by atoms with E-state index in [9.17, 15) is 13.2 Å². The minimum atomic E-state index is -3.74. The quantitative estimate of drug-likeness (QED) is 0.207. The van der Waals surface area contributed by atoms with Crippen LogP contribution in [-0.2, 0) is 19.6 Å². The third-order valence-electron chi connectivity index (χ3n) is 4.53. The lowest BCUT2D eigenvalue weighted by molar-refractivity contribution is -0.136. The second-order valence-corrected chi connectivity index (χ2v) is 15.7. The van der Waals surface area contributed by atoms with Crippen LogP contribution >= 0.6 is 0 Å². The maximum atomic E-state index is 13.4. The highest BCUT2D eigenvalue weighted by atomic mass is 32.2. The summed E-state index contributed by atoms with van der Waals surface area (Å²) in [6, 6.07) is 4.57. The summed E-state index contributed by atoms with van der Waals surface area (Å²) in [5, 5.41) is 0. The molecule has 0 saturated carbocycles.